The number of hydrogen-bond donors (Lipinski definition) is 1. The monoisotopic (exact) mass is 1230 g/mol. The van der Waals surface area contributed by atoms with Gasteiger partial charge in [0, 0.05) is 148 Å². The molecule has 0 atom stereocenters. The molecule has 85 heavy (non-hydrogen) atoms. The lowest BCUT2D eigenvalue weighted by Gasteiger charge is -2.07. The molecule has 0 bridgehead atoms. The van der Waals surface area contributed by atoms with E-state index in [1.807, 2.05) is 172 Å². The fourth-order valence-corrected chi connectivity index (χ4v) is 11.8. The molecule has 0 unspecified atom stereocenters. The smallest absolute Gasteiger partial charge is 0.331 e. The number of hydrogen-bond acceptors (Lipinski definition) is 12. The Balaban J connectivity index is 0.000000209. The Morgan fingerprint density at radius 2 is 0.835 bits per heavy atom. The summed E-state index contributed by atoms with van der Waals surface area (Å²) in [7, 11) is 0. The minimum Gasteiger partial charge on any atom is -0.411 e. The van der Waals surface area contributed by atoms with Crippen LogP contribution in [0.3, 0.4) is 0 Å². The second kappa shape index (κ2) is 29.1. The van der Waals surface area contributed by atoms with Crippen molar-refractivity contribution in [3.63, 3.8) is 0 Å². The van der Waals surface area contributed by atoms with Crippen LogP contribution in [0.2, 0.25) is 10.0 Å². The number of carbonyl (C=O) groups is 6. The summed E-state index contributed by atoms with van der Waals surface area (Å²) in [5.74, 6) is -0.192. The fourth-order valence-electron chi connectivity index (χ4n) is 9.88. The van der Waals surface area contributed by atoms with Crippen molar-refractivity contribution < 1.29 is 38.8 Å². The van der Waals surface area contributed by atoms with Crippen molar-refractivity contribution in [1.82, 2.24) is 9.13 Å². The highest BCUT2D eigenvalue weighted by Gasteiger charge is 2.23. The normalized spacial score (nSPS) is 11.5. The number of Topliss-reactive ketones (excluding diaryl/α,β-unsaturated/α-hetero) is 2. The average molecular weight is 1230 g/mol. The number of halogens is 3. The van der Waals surface area contributed by atoms with Crippen molar-refractivity contribution in [1.29, 1.82) is 0 Å². The predicted octanol–water partition coefficient (Wildman–Crippen LogP) is 17.3. The zero-order valence-corrected chi connectivity index (χ0v) is 51.4. The van der Waals surface area contributed by atoms with Crippen LogP contribution in [0.25, 0.3) is 43.6 Å². The molecule has 0 amide bonds. The Hall–Kier alpha value is -8.11. The number of thioether (sulfide) groups is 2. The second-order valence-corrected chi connectivity index (χ2v) is 23.3. The third-order valence-corrected chi connectivity index (χ3v) is 16.5. The fraction of sp³-hybridized carbons (Fsp3) is 0.176. The summed E-state index contributed by atoms with van der Waals surface area (Å²) in [5, 5.41) is 21.4. The maximum atomic E-state index is 13.7. The quantitative estimate of drug-likeness (QED) is 0.0157. The van der Waals surface area contributed by atoms with E-state index in [1.165, 1.54) is 13.8 Å². The van der Waals surface area contributed by atoms with Crippen LogP contribution in [0.4, 0.5) is 0 Å². The molecule has 12 nitrogen and oxygen atoms in total. The minimum absolute atomic E-state index is 0.0347. The number of nitrogens with zero attached hydrogens (tertiary/aromatic N) is 4. The van der Waals surface area contributed by atoms with E-state index in [9.17, 15) is 34.0 Å². The van der Waals surface area contributed by atoms with Crippen molar-refractivity contribution in [2.45, 2.75) is 77.3 Å². The summed E-state index contributed by atoms with van der Waals surface area (Å²) in [6.45, 7) is 12.0. The van der Waals surface area contributed by atoms with E-state index < -0.39 is 5.97 Å². The first kappa shape index (κ1) is 62.9. The number of rotatable bonds is 19. The molecule has 17 heteroatoms. The topological polar surface area (TPSA) is 166 Å². The van der Waals surface area contributed by atoms with Crippen LogP contribution in [-0.4, -0.2) is 71.6 Å². The van der Waals surface area contributed by atoms with Gasteiger partial charge in [0.05, 0.1) is 0 Å². The highest BCUT2D eigenvalue weighted by Crippen LogP contribution is 2.34. The van der Waals surface area contributed by atoms with Crippen LogP contribution < -0.4 is 0 Å². The summed E-state index contributed by atoms with van der Waals surface area (Å²) >= 11 is 19.7. The first-order chi connectivity index (χ1) is 40.9. The number of aryl methyl sites for hydroxylation is 4. The lowest BCUT2D eigenvalue weighted by Crippen LogP contribution is -2.16. The maximum Gasteiger partial charge on any atom is 0.331 e. The zero-order valence-electron chi connectivity index (χ0n) is 47.5. The molecule has 0 aliphatic carbocycles. The van der Waals surface area contributed by atoms with Gasteiger partial charge in [0.1, 0.15) is 11.4 Å². The van der Waals surface area contributed by atoms with Crippen LogP contribution >= 0.6 is 58.3 Å². The SMILES string of the molecule is CC(=O)Cl.CCn1c2ccc(C(=O)/C(CCSc3ccc(Cl)cc3)=N/O)cc2c2cc(C(=O)c3ccccc3C)ccc21.CCn1c2ccc(C(=O)/C(CCSc3ccc(Cl)cc3)=N/OC(C)=O)cc2c2cc(C(=O)c3ccccc3C)ccc21. The molecular formula is C68H59Cl3N4O8S2. The molecule has 0 aliphatic heterocycles. The number of carbonyl (C=O) groups excluding carboxylic acids is 6. The molecular weight excluding hydrogens is 1170 g/mol. The Morgan fingerprint density at radius 3 is 1.19 bits per heavy atom. The van der Waals surface area contributed by atoms with Gasteiger partial charge in [0.25, 0.3) is 0 Å². The molecule has 0 saturated heterocycles. The van der Waals surface area contributed by atoms with E-state index >= 15 is 0 Å². The van der Waals surface area contributed by atoms with E-state index in [0.29, 0.717) is 67.8 Å². The molecule has 0 aliphatic rings. The molecule has 0 saturated carbocycles. The maximum absolute atomic E-state index is 13.7. The summed E-state index contributed by atoms with van der Waals surface area (Å²) < 4.78 is 4.34. The first-order valence-corrected chi connectivity index (χ1v) is 30.3. The van der Waals surface area contributed by atoms with Crippen LogP contribution in [-0.2, 0) is 27.5 Å². The number of fused-ring (bicyclic) bond motifs is 6. The van der Waals surface area contributed by atoms with Crippen molar-refractivity contribution in [3.8, 4) is 0 Å². The summed E-state index contributed by atoms with van der Waals surface area (Å²) in [5.41, 5.74) is 9.39. The molecule has 432 valence electrons. The van der Waals surface area contributed by atoms with Gasteiger partial charge in [-0.05, 0) is 172 Å². The summed E-state index contributed by atoms with van der Waals surface area (Å²) in [6.07, 6.45) is 0.607. The van der Waals surface area contributed by atoms with Crippen molar-refractivity contribution in [2.75, 3.05) is 11.5 Å². The van der Waals surface area contributed by atoms with Gasteiger partial charge in [0.2, 0.25) is 16.8 Å². The number of benzene rings is 8. The van der Waals surface area contributed by atoms with E-state index in [1.54, 1.807) is 35.7 Å². The molecule has 2 heterocycles. The van der Waals surface area contributed by atoms with Gasteiger partial charge in [0.15, 0.2) is 11.6 Å². The van der Waals surface area contributed by atoms with Gasteiger partial charge >= 0.3 is 5.97 Å². The Morgan fingerprint density at radius 1 is 0.494 bits per heavy atom. The van der Waals surface area contributed by atoms with Crippen LogP contribution in [0.1, 0.15) is 104 Å². The van der Waals surface area contributed by atoms with Crippen molar-refractivity contribution in [3.05, 3.63) is 224 Å². The number of oxime groups is 2. The van der Waals surface area contributed by atoms with Crippen molar-refractivity contribution >= 4 is 148 Å². The average Bonchev–Trinajstić information content (AvgIpc) is 3.72. The summed E-state index contributed by atoms with van der Waals surface area (Å²) in [4.78, 5) is 81.4. The lowest BCUT2D eigenvalue weighted by atomic mass is 9.97. The van der Waals surface area contributed by atoms with E-state index in [0.717, 1.165) is 77.6 Å². The molecule has 10 aromatic rings. The molecule has 1 N–H and O–H groups in total. The lowest BCUT2D eigenvalue weighted by molar-refractivity contribution is -0.140. The van der Waals surface area contributed by atoms with Gasteiger partial charge in [-0.15, -0.1) is 23.5 Å². The number of aromatic nitrogens is 2. The Labute approximate surface area is 515 Å². The molecule has 0 fully saturated rings. The number of ketones is 4. The third-order valence-electron chi connectivity index (χ3n) is 14.0. The zero-order chi connectivity index (χ0) is 60.9. The van der Waals surface area contributed by atoms with E-state index in [-0.39, 0.29) is 39.8 Å². The molecule has 0 spiro atoms. The summed E-state index contributed by atoms with van der Waals surface area (Å²) in [6, 6.07) is 52.5. The van der Waals surface area contributed by atoms with Gasteiger partial charge in [-0.25, -0.2) is 4.79 Å². The highest BCUT2D eigenvalue weighted by atomic mass is 35.5. The third kappa shape index (κ3) is 15.2. The standard InChI is InChI=1S/C34H29ClN2O4S.C32H27ClN2O3S.C2H3ClO/c1-4-37-31-15-9-23(33(39)27-8-6-5-7-21(27)2)19-28(31)29-20-24(10-16-32(29)37)34(40)30(36-41-22(3)38)17-18-42-26-13-11-25(35)12-14-26;1-3-35-29-14-8-21(31(36)25-7-5-4-6-20(25)2)18-26(29)27-19-22(9-15-30(27)35)32(37)28(34-38)16-17-39-24-12-10-23(33)11-13-24;1-2(3)4/h5-16,19-20H,4,17-18H2,1-3H3;4-15,18-19,38H,3,16-17H2,1-2H3;1H3/b36-30+;34-28+;. The van der Waals surface area contributed by atoms with Gasteiger partial charge in [-0.2, -0.15) is 0 Å². The van der Waals surface area contributed by atoms with E-state index in [2.05, 4.69) is 44.9 Å². The molecule has 2 aromatic heterocycles. The first-order valence-electron chi connectivity index (χ1n) is 27.2. The molecule has 0 radical (unpaired) electrons. The Bertz CT molecular complexity index is 4240. The highest BCUT2D eigenvalue weighted by molar-refractivity contribution is 7.99. The second-order valence-electron chi connectivity index (χ2n) is 19.6. The van der Waals surface area contributed by atoms with Gasteiger partial charge < -0.3 is 19.2 Å². The molecule has 10 rings (SSSR count). The van der Waals surface area contributed by atoms with E-state index in [4.69, 9.17) is 28.0 Å². The Kier molecular flexibility index (Phi) is 21.6. The largest absolute Gasteiger partial charge is 0.411 e. The van der Waals surface area contributed by atoms with Gasteiger partial charge in [-0.1, -0.05) is 82.0 Å². The minimum atomic E-state index is -0.599. The van der Waals surface area contributed by atoms with Crippen LogP contribution in [0.5, 0.6) is 0 Å². The molecule has 8 aromatic carbocycles. The van der Waals surface area contributed by atoms with Crippen LogP contribution in [0, 0.1) is 13.8 Å². The van der Waals surface area contributed by atoms with Gasteiger partial charge in [-0.3, -0.25) is 24.0 Å². The van der Waals surface area contributed by atoms with Crippen molar-refractivity contribution in [2.24, 2.45) is 10.3 Å². The predicted molar refractivity (Wildman–Crippen MR) is 347 cm³/mol. The van der Waals surface area contributed by atoms with Crippen LogP contribution in [0.15, 0.2) is 190 Å².